The van der Waals surface area contributed by atoms with Gasteiger partial charge in [-0.05, 0) is 12.5 Å². The molecule has 2 rings (SSSR count). The van der Waals surface area contributed by atoms with Crippen molar-refractivity contribution in [3.63, 3.8) is 0 Å². The summed E-state index contributed by atoms with van der Waals surface area (Å²) < 4.78 is 12.8. The van der Waals surface area contributed by atoms with Gasteiger partial charge in [-0.15, -0.1) is 12.4 Å². The Bertz CT molecular complexity index is 400. The Hall–Kier alpha value is -0.550. The van der Waals surface area contributed by atoms with Crippen LogP contribution in [0.5, 0.6) is 5.75 Å². The van der Waals surface area contributed by atoms with Crippen molar-refractivity contribution in [3.05, 3.63) is 28.8 Å². The van der Waals surface area contributed by atoms with Crippen LogP contribution in [0.3, 0.4) is 0 Å². The highest BCUT2D eigenvalue weighted by atomic mass is 35.5. The topological polar surface area (TPSA) is 35.5 Å². The average Bonchev–Trinajstić information content (AvgIpc) is 2.41. The molecule has 0 aliphatic carbocycles. The number of halogens is 3. The van der Waals surface area contributed by atoms with Crippen LogP contribution in [0.4, 0.5) is 4.39 Å². The van der Waals surface area contributed by atoms with Crippen LogP contribution in [-0.4, -0.2) is 42.9 Å². The molecule has 1 aliphatic heterocycles. The summed E-state index contributed by atoms with van der Waals surface area (Å²) in [6, 6.07) is 5.16. The maximum atomic E-state index is 12.8. The molecule has 0 amide bonds. The molecule has 6 heteroatoms. The Morgan fingerprint density at radius 1 is 1.37 bits per heavy atom. The van der Waals surface area contributed by atoms with E-state index in [2.05, 4.69) is 10.2 Å². The van der Waals surface area contributed by atoms with Crippen molar-refractivity contribution in [1.29, 1.82) is 0 Å². The minimum atomic E-state index is -0.402. The molecule has 1 atom stereocenters. The van der Waals surface area contributed by atoms with Crippen LogP contribution in [0.2, 0.25) is 5.02 Å². The number of aromatic hydroxyl groups is 1. The van der Waals surface area contributed by atoms with Gasteiger partial charge in [0.15, 0.2) is 0 Å². The van der Waals surface area contributed by atoms with Gasteiger partial charge in [-0.25, -0.2) is 0 Å². The van der Waals surface area contributed by atoms with Gasteiger partial charge in [-0.1, -0.05) is 23.7 Å². The zero-order valence-electron chi connectivity index (χ0n) is 10.6. The van der Waals surface area contributed by atoms with Crippen LogP contribution in [0.1, 0.15) is 18.0 Å². The van der Waals surface area contributed by atoms with Crippen molar-refractivity contribution in [2.45, 2.75) is 12.5 Å². The summed E-state index contributed by atoms with van der Waals surface area (Å²) in [6.07, 6.45) is 0.383. The zero-order chi connectivity index (χ0) is 13.0. The molecule has 2 N–H and O–H groups in total. The number of hydrogen-bond donors (Lipinski definition) is 2. The maximum Gasteiger partial charge on any atom is 0.138 e. The van der Waals surface area contributed by atoms with E-state index in [1.165, 1.54) is 0 Å². The molecule has 0 spiro atoms. The number of piperazine rings is 1. The number of benzene rings is 1. The Morgan fingerprint density at radius 2 is 2.05 bits per heavy atom. The van der Waals surface area contributed by atoms with E-state index >= 15 is 0 Å². The summed E-state index contributed by atoms with van der Waals surface area (Å²) in [7, 11) is 0. The predicted molar refractivity (Wildman–Crippen MR) is 78.1 cm³/mol. The van der Waals surface area contributed by atoms with E-state index in [-0.39, 0.29) is 24.2 Å². The maximum absolute atomic E-state index is 12.8. The first-order valence-corrected chi connectivity index (χ1v) is 6.60. The van der Waals surface area contributed by atoms with Crippen LogP contribution in [-0.2, 0) is 0 Å². The lowest BCUT2D eigenvalue weighted by Gasteiger charge is -2.35. The molecule has 1 heterocycles. The number of phenolic OH excluding ortho intramolecular Hbond substituents is 1. The van der Waals surface area contributed by atoms with Crippen LogP contribution >= 0.6 is 24.0 Å². The minimum absolute atomic E-state index is 0. The van der Waals surface area contributed by atoms with Crippen LogP contribution in [0, 0.1) is 0 Å². The number of rotatable bonds is 4. The van der Waals surface area contributed by atoms with Crippen molar-refractivity contribution in [1.82, 2.24) is 10.2 Å². The number of nitrogens with one attached hydrogen (secondary N) is 1. The first-order valence-electron chi connectivity index (χ1n) is 6.22. The molecule has 108 valence electrons. The van der Waals surface area contributed by atoms with Gasteiger partial charge in [0.1, 0.15) is 5.75 Å². The van der Waals surface area contributed by atoms with E-state index < -0.39 is 6.67 Å². The number of hydrogen-bond acceptors (Lipinski definition) is 3. The monoisotopic (exact) mass is 308 g/mol. The van der Waals surface area contributed by atoms with E-state index in [4.69, 9.17) is 11.6 Å². The van der Waals surface area contributed by atoms with Crippen molar-refractivity contribution >= 4 is 24.0 Å². The number of para-hydroxylation sites is 1. The first-order chi connectivity index (χ1) is 8.74. The summed E-state index contributed by atoms with van der Waals surface area (Å²) in [6.45, 7) is 3.10. The molecule has 19 heavy (non-hydrogen) atoms. The summed E-state index contributed by atoms with van der Waals surface area (Å²) in [5.41, 5.74) is 0.724. The highest BCUT2D eigenvalue weighted by molar-refractivity contribution is 6.32. The third-order valence-corrected chi connectivity index (χ3v) is 3.66. The van der Waals surface area contributed by atoms with Gasteiger partial charge < -0.3 is 10.4 Å². The molecule has 0 radical (unpaired) electrons. The predicted octanol–water partition coefficient (Wildman–Crippen LogP) is 2.77. The highest BCUT2D eigenvalue weighted by Crippen LogP contribution is 2.36. The van der Waals surface area contributed by atoms with Crippen LogP contribution in [0.25, 0.3) is 0 Å². The van der Waals surface area contributed by atoms with E-state index in [0.717, 1.165) is 31.7 Å². The normalized spacial score (nSPS) is 17.8. The fraction of sp³-hybridized carbons (Fsp3) is 0.538. The molecule has 1 saturated heterocycles. The zero-order valence-corrected chi connectivity index (χ0v) is 12.2. The van der Waals surface area contributed by atoms with E-state index in [0.29, 0.717) is 11.4 Å². The van der Waals surface area contributed by atoms with Gasteiger partial charge in [-0.2, -0.15) is 0 Å². The van der Waals surface area contributed by atoms with Gasteiger partial charge in [-0.3, -0.25) is 9.29 Å². The second kappa shape index (κ2) is 7.90. The molecule has 1 aromatic rings. The van der Waals surface area contributed by atoms with Crippen molar-refractivity contribution < 1.29 is 9.50 Å². The Balaban J connectivity index is 0.00000180. The average molecular weight is 309 g/mol. The third-order valence-electron chi connectivity index (χ3n) is 3.35. The fourth-order valence-corrected chi connectivity index (χ4v) is 2.61. The fourth-order valence-electron chi connectivity index (χ4n) is 2.43. The Labute approximate surface area is 124 Å². The van der Waals surface area contributed by atoms with E-state index in [1.807, 2.05) is 6.07 Å². The van der Waals surface area contributed by atoms with Gasteiger partial charge in [0.2, 0.25) is 0 Å². The summed E-state index contributed by atoms with van der Waals surface area (Å²) >= 11 is 5.92. The second-order valence-corrected chi connectivity index (χ2v) is 4.86. The molecule has 1 aromatic carbocycles. The molecule has 0 bridgehead atoms. The highest BCUT2D eigenvalue weighted by Gasteiger charge is 2.24. The molecule has 1 aliphatic rings. The van der Waals surface area contributed by atoms with Crippen molar-refractivity contribution in [3.8, 4) is 5.75 Å². The van der Waals surface area contributed by atoms with Gasteiger partial charge in [0, 0.05) is 37.8 Å². The first kappa shape index (κ1) is 16.5. The summed E-state index contributed by atoms with van der Waals surface area (Å²) in [4.78, 5) is 2.20. The molecule has 0 aromatic heterocycles. The quantitative estimate of drug-likeness (QED) is 0.898. The molecule has 0 unspecified atom stereocenters. The third kappa shape index (κ3) is 3.96. The number of phenols is 1. The molecular formula is C13H19Cl2FN2O. The lowest BCUT2D eigenvalue weighted by molar-refractivity contribution is 0.155. The van der Waals surface area contributed by atoms with Crippen LogP contribution in [0.15, 0.2) is 18.2 Å². The molecule has 1 fully saturated rings. The minimum Gasteiger partial charge on any atom is -0.506 e. The molecular weight excluding hydrogens is 290 g/mol. The number of nitrogens with zero attached hydrogens (tertiary/aromatic N) is 1. The lowest BCUT2D eigenvalue weighted by atomic mass is 10.0. The summed E-state index contributed by atoms with van der Waals surface area (Å²) in [5, 5.41) is 13.6. The summed E-state index contributed by atoms with van der Waals surface area (Å²) in [5.74, 6) is 0.0798. The second-order valence-electron chi connectivity index (χ2n) is 4.46. The number of alkyl halides is 1. The van der Waals surface area contributed by atoms with E-state index in [9.17, 15) is 9.50 Å². The standard InChI is InChI=1S/C13H18ClFN2O.ClH/c14-11-3-1-2-10(13(11)18)12(4-5-15)17-8-6-16-7-9-17;/h1-3,12,16,18H,4-9H2;1H/t12-;/m0./s1. The van der Waals surface area contributed by atoms with Crippen molar-refractivity contribution in [2.24, 2.45) is 0 Å². The van der Waals surface area contributed by atoms with Gasteiger partial charge >= 0.3 is 0 Å². The van der Waals surface area contributed by atoms with Gasteiger partial charge in [0.25, 0.3) is 0 Å². The van der Waals surface area contributed by atoms with E-state index in [1.54, 1.807) is 12.1 Å². The molecule has 3 nitrogen and oxygen atoms in total. The lowest BCUT2D eigenvalue weighted by Crippen LogP contribution is -2.45. The van der Waals surface area contributed by atoms with Crippen LogP contribution < -0.4 is 5.32 Å². The SMILES string of the molecule is Cl.Oc1c(Cl)cccc1[C@H](CCF)N1CCNCC1. The Kier molecular flexibility index (Phi) is 6.86. The molecule has 0 saturated carbocycles. The van der Waals surface area contributed by atoms with Crippen molar-refractivity contribution in [2.75, 3.05) is 32.9 Å². The largest absolute Gasteiger partial charge is 0.506 e. The smallest absolute Gasteiger partial charge is 0.138 e. The van der Waals surface area contributed by atoms with Gasteiger partial charge in [0.05, 0.1) is 11.7 Å². The Morgan fingerprint density at radius 3 is 2.68 bits per heavy atom.